The quantitative estimate of drug-likeness (QED) is 0.720. The predicted molar refractivity (Wildman–Crippen MR) is 106 cm³/mol. The van der Waals surface area contributed by atoms with E-state index >= 15 is 0 Å². The van der Waals surface area contributed by atoms with Crippen LogP contribution in [-0.2, 0) is 24.6 Å². The summed E-state index contributed by atoms with van der Waals surface area (Å²) in [5.41, 5.74) is 0.434. The summed E-state index contributed by atoms with van der Waals surface area (Å²) in [6.07, 6.45) is 0.933. The monoisotopic (exact) mass is 441 g/mol. The van der Waals surface area contributed by atoms with Crippen LogP contribution in [0.4, 0.5) is 4.39 Å². The van der Waals surface area contributed by atoms with E-state index in [1.807, 2.05) is 13.8 Å². The topological polar surface area (TPSA) is 89.5 Å². The van der Waals surface area contributed by atoms with Gasteiger partial charge < -0.3 is 4.74 Å². The van der Waals surface area contributed by atoms with Gasteiger partial charge in [0.25, 0.3) is 0 Å². The Hall–Kier alpha value is -1.81. The highest BCUT2D eigenvalue weighted by Crippen LogP contribution is 2.27. The number of hydrogen-bond donors (Lipinski definition) is 1. The van der Waals surface area contributed by atoms with Gasteiger partial charge in [0.2, 0.25) is 19.9 Å². The molecule has 0 amide bonds. The lowest BCUT2D eigenvalue weighted by Gasteiger charge is -2.32. The van der Waals surface area contributed by atoms with Crippen LogP contribution in [0.3, 0.4) is 0 Å². The SMILES string of the molecule is Cc1ccc(S(=O)(=O)c2ccc(F)cc2)cc1S(=O)(=O)N[C@H]1C[C@@H](C)O[C@@H](C)C1. The fourth-order valence-electron chi connectivity index (χ4n) is 3.57. The summed E-state index contributed by atoms with van der Waals surface area (Å²) in [6.45, 7) is 5.38. The Morgan fingerprint density at radius 2 is 1.48 bits per heavy atom. The van der Waals surface area contributed by atoms with Gasteiger partial charge in [-0.1, -0.05) is 6.07 Å². The van der Waals surface area contributed by atoms with Gasteiger partial charge >= 0.3 is 0 Å². The number of benzene rings is 2. The third-order valence-electron chi connectivity index (χ3n) is 4.90. The van der Waals surface area contributed by atoms with Crippen molar-refractivity contribution < 1.29 is 26.0 Å². The molecule has 0 radical (unpaired) electrons. The van der Waals surface area contributed by atoms with Gasteiger partial charge in [-0.2, -0.15) is 0 Å². The zero-order valence-electron chi connectivity index (χ0n) is 16.4. The fraction of sp³-hybridized carbons (Fsp3) is 0.400. The Balaban J connectivity index is 1.95. The van der Waals surface area contributed by atoms with Gasteiger partial charge in [0.05, 0.1) is 26.9 Å². The van der Waals surface area contributed by atoms with Gasteiger partial charge in [0.1, 0.15) is 5.82 Å². The minimum atomic E-state index is -3.98. The highest BCUT2D eigenvalue weighted by atomic mass is 32.2. The van der Waals surface area contributed by atoms with E-state index in [0.29, 0.717) is 18.4 Å². The number of aryl methyl sites for hydroxylation is 1. The zero-order chi connectivity index (χ0) is 21.4. The predicted octanol–water partition coefficient (Wildman–Crippen LogP) is 3.20. The van der Waals surface area contributed by atoms with Crippen molar-refractivity contribution >= 4 is 19.9 Å². The Labute approximate surface area is 171 Å². The third-order valence-corrected chi connectivity index (χ3v) is 8.33. The second kappa shape index (κ2) is 8.14. The van der Waals surface area contributed by atoms with Gasteiger partial charge in [0, 0.05) is 6.04 Å². The second-order valence-electron chi connectivity index (χ2n) is 7.43. The van der Waals surface area contributed by atoms with E-state index in [0.717, 1.165) is 30.3 Å². The molecule has 1 saturated heterocycles. The first-order chi connectivity index (χ1) is 13.5. The normalized spacial score (nSPS) is 23.1. The Morgan fingerprint density at radius 1 is 0.931 bits per heavy atom. The summed E-state index contributed by atoms with van der Waals surface area (Å²) in [6, 6.07) is 8.08. The second-order valence-corrected chi connectivity index (χ2v) is 11.1. The van der Waals surface area contributed by atoms with E-state index in [-0.39, 0.29) is 32.9 Å². The van der Waals surface area contributed by atoms with Gasteiger partial charge in [0.15, 0.2) is 0 Å². The Bertz CT molecular complexity index is 1090. The molecule has 0 aliphatic carbocycles. The summed E-state index contributed by atoms with van der Waals surface area (Å²) in [4.78, 5) is -0.359. The van der Waals surface area contributed by atoms with Crippen LogP contribution in [0, 0.1) is 12.7 Å². The molecule has 9 heteroatoms. The van der Waals surface area contributed by atoms with E-state index in [2.05, 4.69) is 4.72 Å². The van der Waals surface area contributed by atoms with Crippen molar-refractivity contribution in [2.75, 3.05) is 0 Å². The Kier molecular flexibility index (Phi) is 6.14. The molecule has 3 rings (SSSR count). The molecule has 2 aromatic carbocycles. The average molecular weight is 442 g/mol. The molecule has 29 heavy (non-hydrogen) atoms. The first-order valence-electron chi connectivity index (χ1n) is 9.28. The molecule has 1 aliphatic rings. The van der Waals surface area contributed by atoms with Gasteiger partial charge in [-0.25, -0.2) is 25.9 Å². The van der Waals surface area contributed by atoms with Crippen molar-refractivity contribution in [3.8, 4) is 0 Å². The maximum absolute atomic E-state index is 13.1. The standard InChI is InChI=1S/C20H24FNO5S2/c1-13-4-7-19(28(23,24)18-8-5-16(21)6-9-18)12-20(13)29(25,26)22-17-10-14(2)27-15(3)11-17/h4-9,12,14-15,17,22H,10-11H2,1-3H3/t14-,15+,17+. The number of nitrogens with one attached hydrogen (secondary N) is 1. The molecular formula is C20H24FNO5S2. The molecule has 1 aliphatic heterocycles. The minimum absolute atomic E-state index is 0.0715. The number of halogens is 1. The number of sulfone groups is 1. The zero-order valence-corrected chi connectivity index (χ0v) is 18.1. The van der Waals surface area contributed by atoms with Crippen molar-refractivity contribution in [3.63, 3.8) is 0 Å². The van der Waals surface area contributed by atoms with Gasteiger partial charge in [-0.05, 0) is 75.6 Å². The van der Waals surface area contributed by atoms with Crippen molar-refractivity contribution in [2.24, 2.45) is 0 Å². The molecule has 0 saturated carbocycles. The maximum Gasteiger partial charge on any atom is 0.241 e. The van der Waals surface area contributed by atoms with Crippen LogP contribution in [0.1, 0.15) is 32.3 Å². The lowest BCUT2D eigenvalue weighted by molar-refractivity contribution is -0.0388. The van der Waals surface area contributed by atoms with Crippen molar-refractivity contribution in [2.45, 2.75) is 66.5 Å². The summed E-state index contributed by atoms with van der Waals surface area (Å²) >= 11 is 0. The molecule has 0 bridgehead atoms. The van der Waals surface area contributed by atoms with Gasteiger partial charge in [-0.15, -0.1) is 0 Å². The molecule has 158 valence electrons. The largest absolute Gasteiger partial charge is 0.375 e. The van der Waals surface area contributed by atoms with E-state index < -0.39 is 25.7 Å². The first-order valence-corrected chi connectivity index (χ1v) is 12.2. The lowest BCUT2D eigenvalue weighted by Crippen LogP contribution is -2.44. The number of rotatable bonds is 5. The minimum Gasteiger partial charge on any atom is -0.375 e. The summed E-state index contributed by atoms with van der Waals surface area (Å²) in [5, 5.41) is 0. The van der Waals surface area contributed by atoms with Crippen LogP contribution in [0.2, 0.25) is 0 Å². The molecule has 3 atom stereocenters. The number of hydrogen-bond acceptors (Lipinski definition) is 5. The molecule has 1 fully saturated rings. The highest BCUT2D eigenvalue weighted by molar-refractivity contribution is 7.91. The molecule has 0 spiro atoms. The molecule has 0 unspecified atom stereocenters. The number of sulfonamides is 1. The van der Waals surface area contributed by atoms with Crippen LogP contribution in [0.25, 0.3) is 0 Å². The van der Waals surface area contributed by atoms with E-state index in [4.69, 9.17) is 4.74 Å². The highest BCUT2D eigenvalue weighted by Gasteiger charge is 2.30. The van der Waals surface area contributed by atoms with Crippen molar-refractivity contribution in [3.05, 3.63) is 53.8 Å². The van der Waals surface area contributed by atoms with Crippen molar-refractivity contribution in [1.29, 1.82) is 0 Å². The molecular weight excluding hydrogens is 417 g/mol. The molecule has 1 heterocycles. The van der Waals surface area contributed by atoms with E-state index in [1.165, 1.54) is 12.1 Å². The van der Waals surface area contributed by atoms with E-state index in [9.17, 15) is 21.2 Å². The third kappa shape index (κ3) is 4.85. The first kappa shape index (κ1) is 21.9. The molecule has 0 aromatic heterocycles. The summed E-state index contributed by atoms with van der Waals surface area (Å²) < 4.78 is 73.2. The summed E-state index contributed by atoms with van der Waals surface area (Å²) in [5.74, 6) is -0.555. The van der Waals surface area contributed by atoms with Crippen LogP contribution < -0.4 is 4.72 Å². The summed E-state index contributed by atoms with van der Waals surface area (Å²) in [7, 11) is -7.92. The Morgan fingerprint density at radius 3 is 2.07 bits per heavy atom. The number of ether oxygens (including phenoxy) is 1. The van der Waals surface area contributed by atoms with E-state index in [1.54, 1.807) is 6.92 Å². The molecule has 1 N–H and O–H groups in total. The fourth-order valence-corrected chi connectivity index (χ4v) is 6.46. The van der Waals surface area contributed by atoms with Crippen LogP contribution in [0.15, 0.2) is 57.2 Å². The van der Waals surface area contributed by atoms with Crippen LogP contribution in [-0.4, -0.2) is 35.1 Å². The van der Waals surface area contributed by atoms with Crippen LogP contribution in [0.5, 0.6) is 0 Å². The van der Waals surface area contributed by atoms with Gasteiger partial charge in [-0.3, -0.25) is 0 Å². The van der Waals surface area contributed by atoms with Crippen LogP contribution >= 0.6 is 0 Å². The van der Waals surface area contributed by atoms with Crippen molar-refractivity contribution in [1.82, 2.24) is 4.72 Å². The average Bonchev–Trinajstić information content (AvgIpc) is 2.60. The molecule has 2 aromatic rings. The smallest absolute Gasteiger partial charge is 0.241 e. The maximum atomic E-state index is 13.1. The lowest BCUT2D eigenvalue weighted by atomic mass is 10.0. The molecule has 6 nitrogen and oxygen atoms in total.